The Bertz CT molecular complexity index is 700. The third-order valence-corrected chi connectivity index (χ3v) is 5.38. The van der Waals surface area contributed by atoms with Gasteiger partial charge < -0.3 is 4.98 Å². The third-order valence-electron chi connectivity index (χ3n) is 5.00. The Morgan fingerprint density at radius 3 is 3.10 bits per heavy atom. The minimum Gasteiger partial charge on any atom is -0.361 e. The van der Waals surface area contributed by atoms with Crippen LogP contribution in [0, 0.1) is 5.92 Å². The van der Waals surface area contributed by atoms with E-state index in [2.05, 4.69) is 47.3 Å². The summed E-state index contributed by atoms with van der Waals surface area (Å²) in [4.78, 5) is 6.05. The molecule has 0 radical (unpaired) electrons. The number of aromatic nitrogens is 1. The summed E-state index contributed by atoms with van der Waals surface area (Å²) in [6.45, 7) is 4.54. The van der Waals surface area contributed by atoms with Crippen LogP contribution in [0.25, 0.3) is 17.0 Å². The molecule has 2 aromatic rings. The topological polar surface area (TPSA) is 19.0 Å². The largest absolute Gasteiger partial charge is 0.361 e. The molecule has 0 bridgehead atoms. The van der Waals surface area contributed by atoms with Gasteiger partial charge in [-0.05, 0) is 42.2 Å². The molecule has 110 valence electrons. The van der Waals surface area contributed by atoms with Crippen LogP contribution in [0.5, 0.6) is 0 Å². The molecule has 2 heterocycles. The van der Waals surface area contributed by atoms with Crippen molar-refractivity contribution in [3.05, 3.63) is 41.1 Å². The van der Waals surface area contributed by atoms with Crippen LogP contribution in [-0.2, 0) is 6.42 Å². The number of rotatable bonds is 3. The highest BCUT2D eigenvalue weighted by atomic mass is 35.5. The smallest absolute Gasteiger partial charge is 0.0462 e. The second-order valence-corrected chi connectivity index (χ2v) is 6.60. The van der Waals surface area contributed by atoms with Crippen molar-refractivity contribution in [3.8, 4) is 0 Å². The molecule has 1 saturated heterocycles. The van der Waals surface area contributed by atoms with E-state index in [4.69, 9.17) is 11.6 Å². The zero-order valence-corrected chi connectivity index (χ0v) is 13.2. The Morgan fingerprint density at radius 2 is 2.29 bits per heavy atom. The summed E-state index contributed by atoms with van der Waals surface area (Å²) < 4.78 is 0. The molecule has 3 heteroatoms. The van der Waals surface area contributed by atoms with Gasteiger partial charge in [-0.3, -0.25) is 4.90 Å². The number of hydrogen-bond acceptors (Lipinski definition) is 1. The van der Waals surface area contributed by atoms with E-state index in [-0.39, 0.29) is 0 Å². The first-order valence-electron chi connectivity index (χ1n) is 7.92. The highest BCUT2D eigenvalue weighted by Crippen LogP contribution is 2.39. The van der Waals surface area contributed by atoms with Crippen LogP contribution in [-0.4, -0.2) is 34.9 Å². The fraction of sp³-hybridized carbons (Fsp3) is 0.444. The van der Waals surface area contributed by atoms with Crippen molar-refractivity contribution in [2.45, 2.75) is 25.8 Å². The van der Waals surface area contributed by atoms with Crippen molar-refractivity contribution in [3.63, 3.8) is 0 Å². The van der Waals surface area contributed by atoms with Gasteiger partial charge in [-0.15, -0.1) is 11.6 Å². The molecular formula is C18H21ClN2. The van der Waals surface area contributed by atoms with Crippen molar-refractivity contribution >= 4 is 28.6 Å². The first-order valence-corrected chi connectivity index (χ1v) is 8.45. The molecule has 1 aromatic carbocycles. The molecule has 2 nitrogen and oxygen atoms in total. The molecule has 1 aromatic heterocycles. The first kappa shape index (κ1) is 13.4. The fourth-order valence-electron chi connectivity index (χ4n) is 4.09. The lowest BCUT2D eigenvalue weighted by Crippen LogP contribution is -2.32. The molecule has 1 fully saturated rings. The van der Waals surface area contributed by atoms with Crippen LogP contribution in [0.1, 0.15) is 24.5 Å². The molecular weight excluding hydrogens is 280 g/mol. The number of benzene rings is 1. The standard InChI is InChI=1S/C18H21ClN2/c1-2-6-21-11-14(9-19)15-7-12-4-3-5-16-18(12)13(10-20-16)8-17(15)21/h3-5,7,10,14,17,20H,2,6,8-9,11H2,1H3/t14-,17+/m0/s1. The molecule has 0 saturated carbocycles. The molecule has 0 unspecified atom stereocenters. The number of nitrogens with zero attached hydrogens (tertiary/aromatic N) is 1. The average Bonchev–Trinajstić information content (AvgIpc) is 2.99. The Labute approximate surface area is 130 Å². The highest BCUT2D eigenvalue weighted by Gasteiger charge is 2.37. The van der Waals surface area contributed by atoms with E-state index >= 15 is 0 Å². The van der Waals surface area contributed by atoms with E-state index in [1.165, 1.54) is 35.0 Å². The van der Waals surface area contributed by atoms with Crippen molar-refractivity contribution < 1.29 is 0 Å². The Morgan fingerprint density at radius 1 is 1.38 bits per heavy atom. The molecule has 1 aliphatic heterocycles. The Kier molecular flexibility index (Phi) is 3.31. The van der Waals surface area contributed by atoms with Gasteiger partial charge in [0.1, 0.15) is 0 Å². The van der Waals surface area contributed by atoms with E-state index < -0.39 is 0 Å². The van der Waals surface area contributed by atoms with Crippen LogP contribution < -0.4 is 0 Å². The van der Waals surface area contributed by atoms with Crippen molar-refractivity contribution in [2.24, 2.45) is 5.92 Å². The van der Waals surface area contributed by atoms with Gasteiger partial charge in [0.25, 0.3) is 0 Å². The van der Waals surface area contributed by atoms with Gasteiger partial charge in [-0.1, -0.05) is 25.1 Å². The van der Waals surface area contributed by atoms with E-state index in [0.29, 0.717) is 12.0 Å². The maximum Gasteiger partial charge on any atom is 0.0462 e. The quantitative estimate of drug-likeness (QED) is 0.847. The fourth-order valence-corrected chi connectivity index (χ4v) is 4.36. The zero-order valence-electron chi connectivity index (χ0n) is 12.4. The highest BCUT2D eigenvalue weighted by molar-refractivity contribution is 6.18. The minimum absolute atomic E-state index is 0.506. The van der Waals surface area contributed by atoms with Gasteiger partial charge in [0.15, 0.2) is 0 Å². The van der Waals surface area contributed by atoms with Gasteiger partial charge in [0, 0.05) is 41.5 Å². The van der Waals surface area contributed by atoms with Gasteiger partial charge >= 0.3 is 0 Å². The first-order chi connectivity index (χ1) is 10.3. The molecule has 0 spiro atoms. The van der Waals surface area contributed by atoms with E-state index in [9.17, 15) is 0 Å². The third kappa shape index (κ3) is 2.04. The summed E-state index contributed by atoms with van der Waals surface area (Å²) in [6.07, 6.45) is 6.92. The Hall–Kier alpha value is -1.25. The molecule has 21 heavy (non-hydrogen) atoms. The molecule has 0 amide bonds. The number of nitrogens with one attached hydrogen (secondary N) is 1. The van der Waals surface area contributed by atoms with Gasteiger partial charge in [-0.25, -0.2) is 0 Å². The van der Waals surface area contributed by atoms with Gasteiger partial charge in [0.2, 0.25) is 0 Å². The number of aromatic amines is 1. The molecule has 2 aliphatic rings. The number of alkyl halides is 1. The molecule has 1 aliphatic carbocycles. The second-order valence-electron chi connectivity index (χ2n) is 6.29. The number of H-pyrrole nitrogens is 1. The predicted molar refractivity (Wildman–Crippen MR) is 89.8 cm³/mol. The second kappa shape index (κ2) is 5.19. The lowest BCUT2D eigenvalue weighted by molar-refractivity contribution is 0.261. The maximum atomic E-state index is 6.26. The van der Waals surface area contributed by atoms with Crippen molar-refractivity contribution in [1.29, 1.82) is 0 Å². The summed E-state index contributed by atoms with van der Waals surface area (Å²) >= 11 is 6.26. The number of likely N-dealkylation sites (tertiary alicyclic amines) is 1. The molecule has 2 atom stereocenters. The summed E-state index contributed by atoms with van der Waals surface area (Å²) in [6, 6.07) is 7.08. The Balaban J connectivity index is 1.86. The van der Waals surface area contributed by atoms with Crippen LogP contribution in [0.4, 0.5) is 0 Å². The monoisotopic (exact) mass is 300 g/mol. The number of halogens is 1. The van der Waals surface area contributed by atoms with Crippen molar-refractivity contribution in [1.82, 2.24) is 9.88 Å². The average molecular weight is 301 g/mol. The molecule has 4 rings (SSSR count). The SMILES string of the molecule is CCCN1C[C@H](CCl)C2=Cc3cccc4[nH]cc(c34)C[C@H]21. The summed E-state index contributed by atoms with van der Waals surface area (Å²) in [5.74, 6) is 1.24. The van der Waals surface area contributed by atoms with Gasteiger partial charge in [-0.2, -0.15) is 0 Å². The van der Waals surface area contributed by atoms with Crippen molar-refractivity contribution in [2.75, 3.05) is 19.0 Å². The van der Waals surface area contributed by atoms with E-state index in [1.807, 2.05) is 0 Å². The van der Waals surface area contributed by atoms with Crippen LogP contribution in [0.3, 0.4) is 0 Å². The predicted octanol–water partition coefficient (Wildman–Crippen LogP) is 4.06. The van der Waals surface area contributed by atoms with Crippen LogP contribution in [0.15, 0.2) is 30.0 Å². The molecule has 1 N–H and O–H groups in total. The number of hydrogen-bond donors (Lipinski definition) is 1. The van der Waals surface area contributed by atoms with Crippen LogP contribution in [0.2, 0.25) is 0 Å². The van der Waals surface area contributed by atoms with E-state index in [0.717, 1.165) is 18.8 Å². The summed E-state index contributed by atoms with van der Waals surface area (Å²) in [5, 5.41) is 1.41. The lowest BCUT2D eigenvalue weighted by Gasteiger charge is -2.23. The number of fused-ring (bicyclic) bond motifs is 1. The van der Waals surface area contributed by atoms with E-state index in [1.54, 1.807) is 5.57 Å². The maximum absolute atomic E-state index is 6.26. The lowest BCUT2D eigenvalue weighted by atomic mass is 9.96. The normalized spacial score (nSPS) is 25.0. The minimum atomic E-state index is 0.506. The summed E-state index contributed by atoms with van der Waals surface area (Å²) in [5.41, 5.74) is 5.61. The summed E-state index contributed by atoms with van der Waals surface area (Å²) in [7, 11) is 0. The zero-order chi connectivity index (χ0) is 14.4. The van der Waals surface area contributed by atoms with Crippen LogP contribution >= 0.6 is 11.6 Å². The van der Waals surface area contributed by atoms with Gasteiger partial charge in [0.05, 0.1) is 0 Å².